The summed E-state index contributed by atoms with van der Waals surface area (Å²) in [5, 5.41) is 0. The van der Waals surface area contributed by atoms with E-state index in [9.17, 15) is 18.0 Å². The summed E-state index contributed by atoms with van der Waals surface area (Å²) in [6, 6.07) is 17.3. The van der Waals surface area contributed by atoms with E-state index in [-0.39, 0.29) is 17.9 Å². The Hall–Kier alpha value is -3.21. The number of rotatable bonds is 9. The minimum absolute atomic E-state index is 0.0146. The number of aryl methyl sites for hydroxylation is 1. The molecule has 37 heavy (non-hydrogen) atoms. The molecule has 1 aliphatic heterocycles. The van der Waals surface area contributed by atoms with E-state index in [1.807, 2.05) is 13.0 Å². The Bertz CT molecular complexity index is 1410. The first-order valence-corrected chi connectivity index (χ1v) is 13.8. The number of hydrogen-bond donors (Lipinski definition) is 0. The Balaban J connectivity index is 1.69. The van der Waals surface area contributed by atoms with Crippen LogP contribution in [0.5, 0.6) is 11.5 Å². The number of amides is 2. The number of carbonyl (C=O) groups excluding carboxylic acids is 2. The summed E-state index contributed by atoms with van der Waals surface area (Å²) in [4.78, 5) is 27.6. The van der Waals surface area contributed by atoms with Crippen LogP contribution in [0.2, 0.25) is 0 Å². The van der Waals surface area contributed by atoms with E-state index in [0.29, 0.717) is 23.6 Å². The van der Waals surface area contributed by atoms with Gasteiger partial charge in [0, 0.05) is 11.0 Å². The van der Waals surface area contributed by atoms with Crippen LogP contribution in [0.1, 0.15) is 17.5 Å². The second-order valence-electron chi connectivity index (χ2n) is 8.63. The molecule has 1 atom stereocenters. The zero-order valence-corrected chi connectivity index (χ0v) is 23.1. The molecular weight excluding hydrogens is 560 g/mol. The van der Waals surface area contributed by atoms with Gasteiger partial charge in [0.15, 0.2) is 11.5 Å². The summed E-state index contributed by atoms with van der Waals surface area (Å²) in [6.07, 6.45) is 0.0486. The van der Waals surface area contributed by atoms with E-state index in [1.54, 1.807) is 48.5 Å². The minimum Gasteiger partial charge on any atom is -0.493 e. The highest BCUT2D eigenvalue weighted by Gasteiger charge is 2.46. The van der Waals surface area contributed by atoms with Gasteiger partial charge < -0.3 is 9.47 Å². The number of sulfonamides is 1. The lowest BCUT2D eigenvalue weighted by molar-refractivity contribution is -0.122. The maximum atomic E-state index is 13.8. The van der Waals surface area contributed by atoms with E-state index < -0.39 is 27.9 Å². The number of imide groups is 1. The lowest BCUT2D eigenvalue weighted by Crippen LogP contribution is -2.46. The number of nitrogens with zero attached hydrogens (tertiary/aromatic N) is 2. The summed E-state index contributed by atoms with van der Waals surface area (Å²) in [5.41, 5.74) is 2.19. The third kappa shape index (κ3) is 5.56. The van der Waals surface area contributed by atoms with Gasteiger partial charge in [0.25, 0.3) is 5.91 Å². The van der Waals surface area contributed by atoms with E-state index in [4.69, 9.17) is 9.47 Å². The summed E-state index contributed by atoms with van der Waals surface area (Å²) >= 11 is 3.32. The monoisotopic (exact) mass is 586 g/mol. The predicted octanol–water partition coefficient (Wildman–Crippen LogP) is 4.34. The zero-order valence-electron chi connectivity index (χ0n) is 20.7. The molecule has 8 nitrogen and oxygen atoms in total. The van der Waals surface area contributed by atoms with Gasteiger partial charge >= 0.3 is 0 Å². The normalized spacial score (nSPS) is 15.9. The summed E-state index contributed by atoms with van der Waals surface area (Å²) in [5.74, 6) is 0.0544. The van der Waals surface area contributed by atoms with E-state index in [1.165, 1.54) is 26.4 Å². The third-order valence-corrected chi connectivity index (χ3v) is 8.70. The Morgan fingerprint density at radius 1 is 0.946 bits per heavy atom. The van der Waals surface area contributed by atoms with Crippen molar-refractivity contribution in [2.24, 2.45) is 0 Å². The van der Waals surface area contributed by atoms with Crippen molar-refractivity contribution in [3.63, 3.8) is 0 Å². The van der Waals surface area contributed by atoms with Crippen LogP contribution in [-0.2, 0) is 26.0 Å². The molecule has 1 fully saturated rings. The fourth-order valence-corrected chi connectivity index (χ4v) is 6.11. The molecule has 3 aromatic rings. The molecule has 1 saturated heterocycles. The molecule has 194 valence electrons. The van der Waals surface area contributed by atoms with Gasteiger partial charge in [-0.15, -0.1) is 0 Å². The standard InChI is InChI=1S/C27H27BrN2O6S/c1-18-4-9-21(10-5-18)30-26(31)17-23(27(30)32)29(37(33,34)22-11-7-20(28)8-12-22)15-14-19-6-13-24(35-2)25(16-19)36-3/h4-13,16,23H,14-15,17H2,1-3H3. The fourth-order valence-electron chi connectivity index (χ4n) is 4.27. The van der Waals surface area contributed by atoms with Crippen LogP contribution in [-0.4, -0.2) is 51.3 Å². The number of carbonyl (C=O) groups is 2. The largest absolute Gasteiger partial charge is 0.493 e. The van der Waals surface area contributed by atoms with Gasteiger partial charge in [-0.3, -0.25) is 9.59 Å². The number of ether oxygens (including phenoxy) is 2. The first-order valence-electron chi connectivity index (χ1n) is 11.6. The molecule has 1 aliphatic rings. The Morgan fingerprint density at radius 2 is 1.59 bits per heavy atom. The van der Waals surface area contributed by atoms with Gasteiger partial charge in [-0.25, -0.2) is 13.3 Å². The molecule has 0 N–H and O–H groups in total. The van der Waals surface area contributed by atoms with Gasteiger partial charge in [0.1, 0.15) is 6.04 Å². The number of hydrogen-bond acceptors (Lipinski definition) is 6. The maximum Gasteiger partial charge on any atom is 0.252 e. The molecule has 10 heteroatoms. The van der Waals surface area contributed by atoms with Crippen LogP contribution in [0.3, 0.4) is 0 Å². The van der Waals surface area contributed by atoms with E-state index in [0.717, 1.165) is 24.8 Å². The molecule has 3 aromatic carbocycles. The molecule has 0 bridgehead atoms. The SMILES string of the molecule is COc1ccc(CCN(C2CC(=O)N(c3ccc(C)cc3)C2=O)S(=O)(=O)c2ccc(Br)cc2)cc1OC. The van der Waals surface area contributed by atoms with Gasteiger partial charge in [-0.05, 0) is 67.4 Å². The topological polar surface area (TPSA) is 93.2 Å². The zero-order chi connectivity index (χ0) is 26.7. The van der Waals surface area contributed by atoms with Crippen molar-refractivity contribution in [2.45, 2.75) is 30.7 Å². The Labute approximate surface area is 225 Å². The van der Waals surface area contributed by atoms with Gasteiger partial charge in [0.2, 0.25) is 15.9 Å². The van der Waals surface area contributed by atoms with Crippen molar-refractivity contribution in [3.8, 4) is 11.5 Å². The quantitative estimate of drug-likeness (QED) is 0.346. The molecule has 0 spiro atoms. The summed E-state index contributed by atoms with van der Waals surface area (Å²) in [7, 11) is -1.06. The van der Waals surface area contributed by atoms with Crippen LogP contribution in [0.15, 0.2) is 76.1 Å². The highest BCUT2D eigenvalue weighted by molar-refractivity contribution is 9.10. The maximum absolute atomic E-state index is 13.8. The van der Waals surface area contributed by atoms with Crippen LogP contribution < -0.4 is 14.4 Å². The fraction of sp³-hybridized carbons (Fsp3) is 0.259. The van der Waals surface area contributed by atoms with Crippen LogP contribution >= 0.6 is 15.9 Å². The first-order chi connectivity index (χ1) is 17.6. The molecule has 0 saturated carbocycles. The molecule has 1 heterocycles. The van der Waals surface area contributed by atoms with Crippen LogP contribution in [0, 0.1) is 6.92 Å². The van der Waals surface area contributed by atoms with Crippen molar-refractivity contribution in [1.82, 2.24) is 4.31 Å². The van der Waals surface area contributed by atoms with Crippen molar-refractivity contribution >= 4 is 43.5 Å². The summed E-state index contributed by atoms with van der Waals surface area (Å²) in [6.45, 7) is 1.89. The van der Waals surface area contributed by atoms with Crippen molar-refractivity contribution < 1.29 is 27.5 Å². The van der Waals surface area contributed by atoms with Gasteiger partial charge in [-0.1, -0.05) is 39.7 Å². The number of anilines is 1. The molecule has 0 aromatic heterocycles. The van der Waals surface area contributed by atoms with Gasteiger partial charge in [-0.2, -0.15) is 4.31 Å². The second kappa shape index (κ2) is 11.0. The lowest BCUT2D eigenvalue weighted by atomic mass is 10.1. The molecule has 1 unspecified atom stereocenters. The predicted molar refractivity (Wildman–Crippen MR) is 143 cm³/mol. The Morgan fingerprint density at radius 3 is 2.22 bits per heavy atom. The third-order valence-electron chi connectivity index (χ3n) is 6.25. The highest BCUT2D eigenvalue weighted by Crippen LogP contribution is 2.31. The summed E-state index contributed by atoms with van der Waals surface area (Å²) < 4.78 is 40.1. The second-order valence-corrected chi connectivity index (χ2v) is 11.4. The smallest absolute Gasteiger partial charge is 0.252 e. The average molecular weight is 587 g/mol. The molecule has 4 rings (SSSR count). The van der Waals surface area contributed by atoms with Gasteiger partial charge in [0.05, 0.1) is 31.2 Å². The van der Waals surface area contributed by atoms with Crippen molar-refractivity contribution in [3.05, 3.63) is 82.3 Å². The van der Waals surface area contributed by atoms with Crippen LogP contribution in [0.4, 0.5) is 5.69 Å². The van der Waals surface area contributed by atoms with Crippen molar-refractivity contribution in [1.29, 1.82) is 0 Å². The minimum atomic E-state index is -4.11. The first kappa shape index (κ1) is 26.8. The number of halogens is 1. The number of benzene rings is 3. The van der Waals surface area contributed by atoms with E-state index in [2.05, 4.69) is 15.9 Å². The average Bonchev–Trinajstić information content (AvgIpc) is 3.17. The molecule has 2 amide bonds. The molecule has 0 aliphatic carbocycles. The lowest BCUT2D eigenvalue weighted by Gasteiger charge is -2.27. The van der Waals surface area contributed by atoms with Crippen molar-refractivity contribution in [2.75, 3.05) is 25.7 Å². The van der Waals surface area contributed by atoms with Crippen LogP contribution in [0.25, 0.3) is 0 Å². The molecule has 0 radical (unpaired) electrons. The Kier molecular flexibility index (Phi) is 8.01. The number of methoxy groups -OCH3 is 2. The van der Waals surface area contributed by atoms with E-state index >= 15 is 0 Å². The highest BCUT2D eigenvalue weighted by atomic mass is 79.9. The molecular formula is C27H27BrN2O6S.